The Morgan fingerprint density at radius 1 is 1.71 bits per heavy atom. The van der Waals surface area contributed by atoms with Crippen molar-refractivity contribution in [1.82, 2.24) is 10.3 Å². The summed E-state index contributed by atoms with van der Waals surface area (Å²) in [4.78, 5) is 4.54. The van der Waals surface area contributed by atoms with Gasteiger partial charge in [-0.15, -0.1) is 11.3 Å². The van der Waals surface area contributed by atoms with E-state index in [1.165, 1.54) is 11.4 Å². The summed E-state index contributed by atoms with van der Waals surface area (Å²) in [5, 5.41) is 6.68. The van der Waals surface area contributed by atoms with Crippen molar-refractivity contribution in [2.45, 2.75) is 12.6 Å². The highest BCUT2D eigenvalue weighted by atomic mass is 32.2. The van der Waals surface area contributed by atoms with Gasteiger partial charge in [0.15, 0.2) is 0 Å². The first-order valence-electron chi connectivity index (χ1n) is 4.64. The van der Waals surface area contributed by atoms with E-state index < -0.39 is 0 Å². The molecule has 0 spiro atoms. The maximum absolute atomic E-state index is 5.05. The number of aromatic nitrogens is 1. The number of ether oxygens (including phenoxy) is 1. The normalized spacial score (nSPS) is 22.5. The summed E-state index contributed by atoms with van der Waals surface area (Å²) in [5.41, 5.74) is 1.18. The molecule has 0 aromatic carbocycles. The number of hydrogen-bond acceptors (Lipinski definition) is 5. The van der Waals surface area contributed by atoms with Crippen molar-refractivity contribution in [3.05, 3.63) is 16.1 Å². The van der Waals surface area contributed by atoms with Gasteiger partial charge in [0, 0.05) is 30.5 Å². The van der Waals surface area contributed by atoms with Crippen LogP contribution in [0.5, 0.6) is 0 Å². The monoisotopic (exact) mass is 230 g/mol. The molecule has 1 fully saturated rings. The van der Waals surface area contributed by atoms with Crippen LogP contribution in [0.1, 0.15) is 16.7 Å². The van der Waals surface area contributed by atoms with E-state index in [0.29, 0.717) is 12.6 Å². The van der Waals surface area contributed by atoms with E-state index in [-0.39, 0.29) is 0 Å². The van der Waals surface area contributed by atoms with Gasteiger partial charge in [-0.3, -0.25) is 0 Å². The second kappa shape index (κ2) is 5.11. The van der Waals surface area contributed by atoms with Crippen LogP contribution in [0.4, 0.5) is 0 Å². The number of thiazole rings is 1. The first kappa shape index (κ1) is 10.4. The fourth-order valence-electron chi connectivity index (χ4n) is 1.43. The lowest BCUT2D eigenvalue weighted by molar-refractivity contribution is 0.184. The average molecular weight is 230 g/mol. The van der Waals surface area contributed by atoms with E-state index in [0.717, 1.165) is 17.3 Å². The highest BCUT2D eigenvalue weighted by Crippen LogP contribution is 2.23. The lowest BCUT2D eigenvalue weighted by Crippen LogP contribution is -2.30. The van der Waals surface area contributed by atoms with Gasteiger partial charge in [0.05, 0.1) is 18.3 Å². The van der Waals surface area contributed by atoms with E-state index in [9.17, 15) is 0 Å². The second-order valence-electron chi connectivity index (χ2n) is 3.18. The lowest BCUT2D eigenvalue weighted by atomic mass is 10.2. The second-order valence-corrected chi connectivity index (χ2v) is 5.27. The molecule has 1 saturated heterocycles. The van der Waals surface area contributed by atoms with Gasteiger partial charge in [0.25, 0.3) is 0 Å². The number of nitrogens with zero attached hydrogens (tertiary/aromatic N) is 1. The fourth-order valence-corrected chi connectivity index (χ4v) is 3.20. The predicted octanol–water partition coefficient (Wildman–Crippen LogP) is 1.67. The van der Waals surface area contributed by atoms with E-state index in [1.807, 2.05) is 11.8 Å². The molecule has 0 aliphatic carbocycles. The largest absolute Gasteiger partial charge is 0.378 e. The van der Waals surface area contributed by atoms with Crippen molar-refractivity contribution in [2.75, 3.05) is 25.2 Å². The lowest BCUT2D eigenvalue weighted by Gasteiger charge is -2.21. The average Bonchev–Trinajstić information content (AvgIpc) is 2.68. The van der Waals surface area contributed by atoms with Gasteiger partial charge in [-0.2, -0.15) is 11.8 Å². The van der Waals surface area contributed by atoms with Gasteiger partial charge in [0.2, 0.25) is 0 Å². The summed E-state index contributed by atoms with van der Waals surface area (Å²) in [6, 6.07) is 0.440. The highest BCUT2D eigenvalue weighted by molar-refractivity contribution is 7.99. The van der Waals surface area contributed by atoms with Crippen LogP contribution in [0, 0.1) is 0 Å². The number of thioether (sulfide) groups is 1. The highest BCUT2D eigenvalue weighted by Gasteiger charge is 2.17. The van der Waals surface area contributed by atoms with Crippen molar-refractivity contribution in [2.24, 2.45) is 0 Å². The van der Waals surface area contributed by atoms with Gasteiger partial charge >= 0.3 is 0 Å². The molecule has 78 valence electrons. The zero-order chi connectivity index (χ0) is 9.80. The summed E-state index contributed by atoms with van der Waals surface area (Å²) < 4.78 is 5.05. The van der Waals surface area contributed by atoms with Gasteiger partial charge in [-0.1, -0.05) is 0 Å². The zero-order valence-corrected chi connectivity index (χ0v) is 9.79. The summed E-state index contributed by atoms with van der Waals surface area (Å²) in [6.07, 6.45) is 0. The van der Waals surface area contributed by atoms with Crippen LogP contribution < -0.4 is 5.32 Å². The van der Waals surface area contributed by atoms with E-state index >= 15 is 0 Å². The first-order chi connectivity index (χ1) is 6.90. The molecule has 2 heterocycles. The minimum Gasteiger partial charge on any atom is -0.378 e. The molecule has 0 saturated carbocycles. The summed E-state index contributed by atoms with van der Waals surface area (Å²) in [5.74, 6) is 2.35. The topological polar surface area (TPSA) is 34.1 Å². The molecule has 0 amide bonds. The van der Waals surface area contributed by atoms with Crippen molar-refractivity contribution < 1.29 is 4.74 Å². The molecule has 5 heteroatoms. The maximum Gasteiger partial charge on any atom is 0.119 e. The molecule has 1 unspecified atom stereocenters. The molecule has 1 N–H and O–H groups in total. The SMILES string of the molecule is COCc1nc(C2CSCCN2)cs1. The molecule has 1 atom stereocenters. The fraction of sp³-hybridized carbons (Fsp3) is 0.667. The number of methoxy groups -OCH3 is 1. The molecule has 1 aliphatic heterocycles. The molecule has 1 aromatic heterocycles. The van der Waals surface area contributed by atoms with Gasteiger partial charge in [-0.05, 0) is 0 Å². The smallest absolute Gasteiger partial charge is 0.119 e. The Morgan fingerprint density at radius 3 is 3.36 bits per heavy atom. The van der Waals surface area contributed by atoms with Crippen LogP contribution in [0.15, 0.2) is 5.38 Å². The Bertz CT molecular complexity index is 284. The van der Waals surface area contributed by atoms with E-state index in [4.69, 9.17) is 4.74 Å². The van der Waals surface area contributed by atoms with Crippen molar-refractivity contribution >= 4 is 23.1 Å². The van der Waals surface area contributed by atoms with Crippen molar-refractivity contribution in [1.29, 1.82) is 0 Å². The molecule has 1 aromatic rings. The van der Waals surface area contributed by atoms with Gasteiger partial charge in [-0.25, -0.2) is 4.98 Å². The number of rotatable bonds is 3. The van der Waals surface area contributed by atoms with Gasteiger partial charge in [0.1, 0.15) is 5.01 Å². The summed E-state index contributed by atoms with van der Waals surface area (Å²) in [7, 11) is 1.70. The third kappa shape index (κ3) is 2.48. The zero-order valence-electron chi connectivity index (χ0n) is 8.16. The Labute approximate surface area is 92.3 Å². The maximum atomic E-state index is 5.05. The van der Waals surface area contributed by atoms with Gasteiger partial charge < -0.3 is 10.1 Å². The number of hydrogen-bond donors (Lipinski definition) is 1. The molecule has 3 nitrogen and oxygen atoms in total. The molecule has 2 rings (SSSR count). The molecular weight excluding hydrogens is 216 g/mol. The third-order valence-electron chi connectivity index (χ3n) is 2.12. The van der Waals surface area contributed by atoms with Crippen molar-refractivity contribution in [3.8, 4) is 0 Å². The molecule has 14 heavy (non-hydrogen) atoms. The van der Waals surface area contributed by atoms with E-state index in [1.54, 1.807) is 18.4 Å². The quantitative estimate of drug-likeness (QED) is 0.856. The van der Waals surface area contributed by atoms with Crippen LogP contribution in [0.25, 0.3) is 0 Å². The van der Waals surface area contributed by atoms with Crippen LogP contribution in [-0.4, -0.2) is 30.1 Å². The third-order valence-corrected chi connectivity index (χ3v) is 4.02. The van der Waals surface area contributed by atoms with Crippen LogP contribution in [0.2, 0.25) is 0 Å². The number of nitrogens with one attached hydrogen (secondary N) is 1. The van der Waals surface area contributed by atoms with E-state index in [2.05, 4.69) is 15.7 Å². The van der Waals surface area contributed by atoms with Crippen molar-refractivity contribution in [3.63, 3.8) is 0 Å². The Morgan fingerprint density at radius 2 is 2.64 bits per heavy atom. The summed E-state index contributed by atoms with van der Waals surface area (Å²) >= 11 is 3.67. The molecule has 0 bridgehead atoms. The predicted molar refractivity (Wildman–Crippen MR) is 60.9 cm³/mol. The Balaban J connectivity index is 2.00. The molecular formula is C9H14N2OS2. The first-order valence-corrected chi connectivity index (χ1v) is 6.68. The molecule has 0 radical (unpaired) electrons. The Hall–Kier alpha value is -0.100. The standard InChI is InChI=1S/C9H14N2OS2/c1-12-4-9-11-8(6-14-9)7-5-13-3-2-10-7/h6-7,10H,2-5H2,1H3. The summed E-state index contributed by atoms with van der Waals surface area (Å²) in [6.45, 7) is 1.72. The van der Waals surface area contributed by atoms with Crippen LogP contribution in [0.3, 0.4) is 0 Å². The minimum atomic E-state index is 0.440. The van der Waals surface area contributed by atoms with Crippen LogP contribution >= 0.6 is 23.1 Å². The minimum absolute atomic E-state index is 0.440. The van der Waals surface area contributed by atoms with Crippen LogP contribution in [-0.2, 0) is 11.3 Å². The Kier molecular flexibility index (Phi) is 3.81. The molecule has 1 aliphatic rings.